The standard InChI is InChI=1S/C17H12ClN3O2/c18-12-9-19-21(10-12)13-5-7-14(8-6-13)22-11-17-20-15-3-1-2-4-16(15)23-17/h1-10H,11H2. The van der Waals surface area contributed by atoms with E-state index in [0.29, 0.717) is 10.9 Å². The topological polar surface area (TPSA) is 53.1 Å². The number of rotatable bonds is 4. The third-order valence-electron chi connectivity index (χ3n) is 3.35. The summed E-state index contributed by atoms with van der Waals surface area (Å²) in [6, 6.07) is 15.2. The number of benzene rings is 2. The van der Waals surface area contributed by atoms with Crippen LogP contribution in [0.1, 0.15) is 5.89 Å². The Labute approximate surface area is 137 Å². The molecule has 0 N–H and O–H groups in total. The lowest BCUT2D eigenvalue weighted by Gasteiger charge is -2.05. The fraction of sp³-hybridized carbons (Fsp3) is 0.0588. The Kier molecular flexibility index (Phi) is 3.48. The molecule has 6 heteroatoms. The highest BCUT2D eigenvalue weighted by Gasteiger charge is 2.06. The molecular formula is C17H12ClN3O2. The molecule has 4 aromatic rings. The fourth-order valence-corrected chi connectivity index (χ4v) is 2.40. The molecule has 5 nitrogen and oxygen atoms in total. The average molecular weight is 326 g/mol. The highest BCUT2D eigenvalue weighted by atomic mass is 35.5. The molecule has 2 aromatic heterocycles. The summed E-state index contributed by atoms with van der Waals surface area (Å²) in [6.07, 6.45) is 3.34. The number of halogens is 1. The second kappa shape index (κ2) is 5.78. The molecule has 23 heavy (non-hydrogen) atoms. The van der Waals surface area contributed by atoms with E-state index in [4.69, 9.17) is 20.8 Å². The summed E-state index contributed by atoms with van der Waals surface area (Å²) < 4.78 is 13.0. The highest BCUT2D eigenvalue weighted by molar-refractivity contribution is 6.30. The zero-order valence-corrected chi connectivity index (χ0v) is 12.8. The quantitative estimate of drug-likeness (QED) is 0.563. The number of nitrogens with zero attached hydrogens (tertiary/aromatic N) is 3. The van der Waals surface area contributed by atoms with Crippen molar-refractivity contribution in [2.45, 2.75) is 6.61 Å². The van der Waals surface area contributed by atoms with Crippen LogP contribution in [-0.2, 0) is 6.61 Å². The molecule has 2 aromatic carbocycles. The van der Waals surface area contributed by atoms with E-state index in [1.165, 1.54) is 0 Å². The zero-order chi connectivity index (χ0) is 15.6. The second-order valence-electron chi connectivity index (χ2n) is 4.96. The summed E-state index contributed by atoms with van der Waals surface area (Å²) in [5.41, 5.74) is 2.50. The molecule has 0 amide bonds. The lowest BCUT2D eigenvalue weighted by atomic mass is 10.3. The van der Waals surface area contributed by atoms with Crippen LogP contribution in [0.15, 0.2) is 65.3 Å². The van der Waals surface area contributed by atoms with Gasteiger partial charge in [0.1, 0.15) is 11.3 Å². The van der Waals surface area contributed by atoms with Crippen LogP contribution in [0.5, 0.6) is 5.75 Å². The molecule has 0 bridgehead atoms. The van der Waals surface area contributed by atoms with Crippen LogP contribution in [0.3, 0.4) is 0 Å². The van der Waals surface area contributed by atoms with Crippen molar-refractivity contribution in [3.8, 4) is 11.4 Å². The van der Waals surface area contributed by atoms with Crippen LogP contribution >= 0.6 is 11.6 Å². The third kappa shape index (κ3) is 2.91. The normalized spacial score (nSPS) is 11.0. The predicted molar refractivity (Wildman–Crippen MR) is 86.9 cm³/mol. The minimum Gasteiger partial charge on any atom is -0.484 e. The van der Waals surface area contributed by atoms with Gasteiger partial charge in [-0.05, 0) is 36.4 Å². The molecule has 0 radical (unpaired) electrons. The summed E-state index contributed by atoms with van der Waals surface area (Å²) in [7, 11) is 0. The van der Waals surface area contributed by atoms with Crippen molar-refractivity contribution >= 4 is 22.7 Å². The molecule has 4 rings (SSSR count). The Hall–Kier alpha value is -2.79. The first-order chi connectivity index (χ1) is 11.3. The van der Waals surface area contributed by atoms with Gasteiger partial charge in [0.05, 0.1) is 16.9 Å². The minimum absolute atomic E-state index is 0.279. The predicted octanol–water partition coefficient (Wildman–Crippen LogP) is 4.25. The first kappa shape index (κ1) is 13.8. The van der Waals surface area contributed by atoms with E-state index in [0.717, 1.165) is 22.5 Å². The smallest absolute Gasteiger partial charge is 0.233 e. The van der Waals surface area contributed by atoms with Crippen LogP contribution in [0, 0.1) is 0 Å². The summed E-state index contributed by atoms with van der Waals surface area (Å²) in [5, 5.41) is 4.75. The largest absolute Gasteiger partial charge is 0.484 e. The SMILES string of the molecule is Clc1cnn(-c2ccc(OCc3nc4ccccc4o3)cc2)c1. The van der Waals surface area contributed by atoms with Gasteiger partial charge in [-0.3, -0.25) is 0 Å². The monoisotopic (exact) mass is 325 g/mol. The van der Waals surface area contributed by atoms with Gasteiger partial charge in [-0.1, -0.05) is 23.7 Å². The van der Waals surface area contributed by atoms with Crippen LogP contribution in [-0.4, -0.2) is 14.8 Å². The molecule has 0 fully saturated rings. The number of fused-ring (bicyclic) bond motifs is 1. The van der Waals surface area contributed by atoms with Crippen molar-refractivity contribution in [1.29, 1.82) is 0 Å². The lowest BCUT2D eigenvalue weighted by Crippen LogP contribution is -1.97. The lowest BCUT2D eigenvalue weighted by molar-refractivity contribution is 0.267. The molecule has 114 valence electrons. The number of aromatic nitrogens is 3. The molecule has 0 spiro atoms. The summed E-state index contributed by atoms with van der Waals surface area (Å²) in [5.74, 6) is 1.28. The molecule has 0 aliphatic heterocycles. The van der Waals surface area contributed by atoms with Crippen molar-refractivity contribution in [3.63, 3.8) is 0 Å². The van der Waals surface area contributed by atoms with E-state index < -0.39 is 0 Å². The molecule has 0 saturated heterocycles. The maximum atomic E-state index is 5.87. The van der Waals surface area contributed by atoms with E-state index in [2.05, 4.69) is 10.1 Å². The van der Waals surface area contributed by atoms with Gasteiger partial charge in [-0.25, -0.2) is 9.67 Å². The van der Waals surface area contributed by atoms with Gasteiger partial charge >= 0.3 is 0 Å². The van der Waals surface area contributed by atoms with Crippen molar-refractivity contribution in [3.05, 3.63) is 71.8 Å². The van der Waals surface area contributed by atoms with Gasteiger partial charge in [-0.15, -0.1) is 0 Å². The number of para-hydroxylation sites is 2. The number of oxazole rings is 1. The Bertz CT molecular complexity index is 911. The van der Waals surface area contributed by atoms with Gasteiger partial charge in [0.15, 0.2) is 12.2 Å². The molecule has 0 unspecified atom stereocenters. The Morgan fingerprint density at radius 3 is 2.65 bits per heavy atom. The van der Waals surface area contributed by atoms with Gasteiger partial charge in [0.25, 0.3) is 0 Å². The molecule has 2 heterocycles. The number of ether oxygens (including phenoxy) is 1. The molecular weight excluding hydrogens is 314 g/mol. The van der Waals surface area contributed by atoms with Crippen molar-refractivity contribution in [1.82, 2.24) is 14.8 Å². The first-order valence-electron chi connectivity index (χ1n) is 7.06. The molecule has 0 atom stereocenters. The highest BCUT2D eigenvalue weighted by Crippen LogP contribution is 2.19. The van der Waals surface area contributed by atoms with Gasteiger partial charge in [0, 0.05) is 6.20 Å². The summed E-state index contributed by atoms with van der Waals surface area (Å²) in [4.78, 5) is 4.38. The zero-order valence-electron chi connectivity index (χ0n) is 12.0. The van der Waals surface area contributed by atoms with E-state index in [9.17, 15) is 0 Å². The maximum absolute atomic E-state index is 5.87. The Balaban J connectivity index is 1.46. The van der Waals surface area contributed by atoms with Crippen LogP contribution < -0.4 is 4.74 Å². The van der Waals surface area contributed by atoms with E-state index >= 15 is 0 Å². The van der Waals surface area contributed by atoms with Gasteiger partial charge in [0.2, 0.25) is 5.89 Å². The van der Waals surface area contributed by atoms with Crippen molar-refractivity contribution in [2.24, 2.45) is 0 Å². The molecule has 0 saturated carbocycles. The molecule has 0 aliphatic carbocycles. The van der Waals surface area contributed by atoms with Gasteiger partial charge in [-0.2, -0.15) is 5.10 Å². The number of hydrogen-bond acceptors (Lipinski definition) is 4. The number of hydrogen-bond donors (Lipinski definition) is 0. The Morgan fingerprint density at radius 2 is 1.91 bits per heavy atom. The van der Waals surface area contributed by atoms with Gasteiger partial charge < -0.3 is 9.15 Å². The van der Waals surface area contributed by atoms with Crippen LogP contribution in [0.4, 0.5) is 0 Å². The van der Waals surface area contributed by atoms with Crippen LogP contribution in [0.25, 0.3) is 16.8 Å². The maximum Gasteiger partial charge on any atom is 0.233 e. The first-order valence-corrected chi connectivity index (χ1v) is 7.43. The average Bonchev–Trinajstić information content (AvgIpc) is 3.19. The Morgan fingerprint density at radius 1 is 1.09 bits per heavy atom. The van der Waals surface area contributed by atoms with E-state index in [1.807, 2.05) is 48.5 Å². The van der Waals surface area contributed by atoms with Crippen molar-refractivity contribution < 1.29 is 9.15 Å². The van der Waals surface area contributed by atoms with Crippen LogP contribution in [0.2, 0.25) is 5.02 Å². The van der Waals surface area contributed by atoms with E-state index in [-0.39, 0.29) is 6.61 Å². The van der Waals surface area contributed by atoms with E-state index in [1.54, 1.807) is 17.1 Å². The fourth-order valence-electron chi connectivity index (χ4n) is 2.26. The third-order valence-corrected chi connectivity index (χ3v) is 3.55. The minimum atomic E-state index is 0.279. The molecule has 0 aliphatic rings. The summed E-state index contributed by atoms with van der Waals surface area (Å²) >= 11 is 5.87. The van der Waals surface area contributed by atoms with Crippen molar-refractivity contribution in [2.75, 3.05) is 0 Å². The second-order valence-corrected chi connectivity index (χ2v) is 5.40. The summed E-state index contributed by atoms with van der Waals surface area (Å²) in [6.45, 7) is 0.279.